The fourth-order valence-corrected chi connectivity index (χ4v) is 3.26. The normalized spacial score (nSPS) is 13.9. The molecular weight excluding hydrogens is 302 g/mol. The van der Waals surface area contributed by atoms with E-state index in [1.165, 1.54) is 0 Å². The van der Waals surface area contributed by atoms with Gasteiger partial charge in [0, 0.05) is 0 Å². The molecule has 0 unspecified atom stereocenters. The molecule has 0 aromatic heterocycles. The first-order valence-electron chi connectivity index (χ1n) is 4.05. The summed E-state index contributed by atoms with van der Waals surface area (Å²) < 4.78 is 39.9. The molecule has 0 rings (SSSR count). The second kappa shape index (κ2) is 6.48. The predicted molar refractivity (Wildman–Crippen MR) is 56.2 cm³/mol. The smallest absolute Gasteiger partial charge is 0.395 e. The molecule has 0 amide bonds. The van der Waals surface area contributed by atoms with Crippen LogP contribution in [-0.4, -0.2) is 57.8 Å². The van der Waals surface area contributed by atoms with Crippen LogP contribution in [0.25, 0.3) is 0 Å². The molecule has 0 aliphatic rings. The molecule has 0 saturated carbocycles. The zero-order valence-corrected chi connectivity index (χ0v) is 11.0. The molecular formula is C4H13O10P2S+. The number of phosphoric acid groups is 1. The van der Waals surface area contributed by atoms with Gasteiger partial charge in [-0.1, -0.05) is 0 Å². The Labute approximate surface area is 97.6 Å². The van der Waals surface area contributed by atoms with E-state index in [1.54, 1.807) is 0 Å². The van der Waals surface area contributed by atoms with E-state index >= 15 is 0 Å². The Morgan fingerprint density at radius 2 is 1.71 bits per heavy atom. The van der Waals surface area contributed by atoms with Gasteiger partial charge in [0.15, 0.2) is 9.84 Å². The van der Waals surface area contributed by atoms with Crippen molar-refractivity contribution in [2.75, 3.05) is 24.7 Å². The Kier molecular flexibility index (Phi) is 6.61. The Balaban J connectivity index is 4.16. The van der Waals surface area contributed by atoms with Crippen molar-refractivity contribution in [3.05, 3.63) is 0 Å². The van der Waals surface area contributed by atoms with Crippen molar-refractivity contribution in [2.24, 2.45) is 0 Å². The summed E-state index contributed by atoms with van der Waals surface area (Å²) in [4.78, 5) is 34.2. The molecule has 0 aliphatic heterocycles. The van der Waals surface area contributed by atoms with Crippen molar-refractivity contribution in [3.63, 3.8) is 0 Å². The van der Waals surface area contributed by atoms with Crippen LogP contribution in [-0.2, 0) is 23.2 Å². The topological polar surface area (TPSA) is 171 Å². The lowest BCUT2D eigenvalue weighted by molar-refractivity contribution is 0.154. The Hall–Kier alpha value is 0.330. The van der Waals surface area contributed by atoms with E-state index in [9.17, 15) is 13.0 Å². The molecule has 0 fully saturated rings. The monoisotopic (exact) mass is 315 g/mol. The van der Waals surface area contributed by atoms with Crippen molar-refractivity contribution < 1.29 is 46.5 Å². The third-order valence-electron chi connectivity index (χ3n) is 1.27. The van der Waals surface area contributed by atoms with Gasteiger partial charge < -0.3 is 14.9 Å². The van der Waals surface area contributed by atoms with Crippen LogP contribution in [0.4, 0.5) is 0 Å². The highest BCUT2D eigenvalue weighted by molar-refractivity contribution is 7.91. The minimum atomic E-state index is -5.15. The molecule has 0 aromatic carbocycles. The third-order valence-corrected chi connectivity index (χ3v) is 5.08. The van der Waals surface area contributed by atoms with E-state index in [1.807, 2.05) is 0 Å². The molecule has 0 aromatic rings. The summed E-state index contributed by atoms with van der Waals surface area (Å²) in [6.07, 6.45) is 0. The molecule has 13 heteroatoms. The quantitative estimate of drug-likeness (QED) is 0.321. The molecule has 0 saturated heterocycles. The Morgan fingerprint density at radius 1 is 1.18 bits per heavy atom. The maximum atomic E-state index is 11.0. The number of hydrogen-bond acceptors (Lipinski definition) is 8. The first-order valence-corrected chi connectivity index (χ1v) is 8.93. The van der Waals surface area contributed by atoms with Gasteiger partial charge in [-0.05, 0) is 4.31 Å². The summed E-state index contributed by atoms with van der Waals surface area (Å²) >= 11 is 0. The zero-order chi connectivity index (χ0) is 13.7. The van der Waals surface area contributed by atoms with Crippen molar-refractivity contribution in [1.82, 2.24) is 0 Å². The van der Waals surface area contributed by atoms with Gasteiger partial charge in [0.1, 0.15) is 6.61 Å². The highest BCUT2D eigenvalue weighted by atomic mass is 32.2. The summed E-state index contributed by atoms with van der Waals surface area (Å²) in [6.45, 7) is -1.33. The van der Waals surface area contributed by atoms with Crippen LogP contribution in [0.15, 0.2) is 0 Å². The maximum absolute atomic E-state index is 11.0. The first kappa shape index (κ1) is 17.3. The van der Waals surface area contributed by atoms with Crippen LogP contribution in [0, 0.1) is 0 Å². The van der Waals surface area contributed by atoms with E-state index in [4.69, 9.17) is 24.7 Å². The van der Waals surface area contributed by atoms with Crippen molar-refractivity contribution in [1.29, 1.82) is 0 Å². The molecule has 0 heterocycles. The molecule has 0 aliphatic carbocycles. The van der Waals surface area contributed by atoms with Crippen LogP contribution < -0.4 is 0 Å². The fourth-order valence-electron chi connectivity index (χ4n) is 0.686. The number of rotatable bonds is 8. The fraction of sp³-hybridized carbons (Fsp3) is 1.00. The molecule has 0 spiro atoms. The summed E-state index contributed by atoms with van der Waals surface area (Å²) in [5.74, 6) is -1.18. The molecule has 5 N–H and O–H groups in total. The van der Waals surface area contributed by atoms with Gasteiger partial charge >= 0.3 is 16.0 Å². The van der Waals surface area contributed by atoms with Gasteiger partial charge in [-0.15, -0.1) is 0 Å². The minimum absolute atomic E-state index is 0.530. The van der Waals surface area contributed by atoms with Gasteiger partial charge in [0.05, 0.1) is 18.1 Å². The average molecular weight is 315 g/mol. The summed E-state index contributed by atoms with van der Waals surface area (Å²) in [6, 6.07) is 0. The SMILES string of the molecule is O=P(O)(O)O[P+](O)(O)OCCS(=O)(=O)CCO. The summed E-state index contributed by atoms with van der Waals surface area (Å²) in [7, 11) is -13.5. The lowest BCUT2D eigenvalue weighted by Gasteiger charge is -2.09. The molecule has 17 heavy (non-hydrogen) atoms. The minimum Gasteiger partial charge on any atom is -0.395 e. The molecule has 0 bridgehead atoms. The summed E-state index contributed by atoms with van der Waals surface area (Å²) in [5.41, 5.74) is 0. The predicted octanol–water partition coefficient (Wildman–Crippen LogP) is -1.82. The molecule has 0 atom stereocenters. The van der Waals surface area contributed by atoms with Gasteiger partial charge in [-0.3, -0.25) is 0 Å². The Morgan fingerprint density at radius 3 is 2.12 bits per heavy atom. The van der Waals surface area contributed by atoms with Gasteiger partial charge in [-0.25, -0.2) is 13.0 Å². The van der Waals surface area contributed by atoms with Crippen molar-refractivity contribution in [2.45, 2.75) is 0 Å². The number of hydrogen-bond donors (Lipinski definition) is 5. The van der Waals surface area contributed by atoms with Crippen LogP contribution in [0.2, 0.25) is 0 Å². The average Bonchev–Trinajstić information content (AvgIpc) is 1.96. The van der Waals surface area contributed by atoms with E-state index in [0.717, 1.165) is 0 Å². The van der Waals surface area contributed by atoms with Crippen LogP contribution in [0.3, 0.4) is 0 Å². The number of aliphatic hydroxyl groups is 1. The maximum Gasteiger partial charge on any atom is 0.580 e. The zero-order valence-electron chi connectivity index (χ0n) is 8.41. The van der Waals surface area contributed by atoms with Crippen LogP contribution in [0.5, 0.6) is 0 Å². The lowest BCUT2D eigenvalue weighted by Crippen LogP contribution is -2.18. The molecule has 0 radical (unpaired) electrons. The van der Waals surface area contributed by atoms with E-state index in [2.05, 4.69) is 8.83 Å². The Bertz CT molecular complexity index is 370. The standard InChI is InChI=1S/C4H12O10P2S/c5-1-3-17(11,12)4-2-13-16(9,10)14-15(6,7)8/h5,9-10H,1-4H2,(H-,6,7,8)/p+1. The van der Waals surface area contributed by atoms with Gasteiger partial charge in [-0.2, -0.15) is 14.3 Å². The highest BCUT2D eigenvalue weighted by Gasteiger charge is 2.47. The van der Waals surface area contributed by atoms with E-state index in [0.29, 0.717) is 0 Å². The second-order valence-corrected chi connectivity index (χ2v) is 7.95. The van der Waals surface area contributed by atoms with Gasteiger partial charge in [0.25, 0.3) is 0 Å². The molecule has 10 nitrogen and oxygen atoms in total. The van der Waals surface area contributed by atoms with E-state index in [-0.39, 0.29) is 0 Å². The van der Waals surface area contributed by atoms with Gasteiger partial charge in [0.2, 0.25) is 0 Å². The third kappa shape index (κ3) is 9.98. The van der Waals surface area contributed by atoms with E-state index < -0.39 is 50.5 Å². The lowest BCUT2D eigenvalue weighted by atomic mass is 10.9. The highest BCUT2D eigenvalue weighted by Crippen LogP contribution is 2.63. The van der Waals surface area contributed by atoms with Crippen LogP contribution in [0.1, 0.15) is 0 Å². The number of aliphatic hydroxyl groups excluding tert-OH is 1. The van der Waals surface area contributed by atoms with Crippen LogP contribution >= 0.6 is 16.0 Å². The summed E-state index contributed by atoms with van der Waals surface area (Å²) in [5, 5.41) is 8.37. The van der Waals surface area contributed by atoms with Crippen molar-refractivity contribution >= 4 is 25.8 Å². The number of sulfone groups is 1. The van der Waals surface area contributed by atoms with Crippen molar-refractivity contribution in [3.8, 4) is 0 Å². The second-order valence-electron chi connectivity index (χ2n) is 2.77. The molecule has 104 valence electrons. The first-order chi connectivity index (χ1) is 7.47. The largest absolute Gasteiger partial charge is 0.580 e.